The van der Waals surface area contributed by atoms with Crippen molar-refractivity contribution in [1.82, 2.24) is 15.0 Å². The van der Waals surface area contributed by atoms with Crippen molar-refractivity contribution in [2.45, 2.75) is 39.0 Å². The molecule has 0 saturated carbocycles. The van der Waals surface area contributed by atoms with Crippen LogP contribution in [0.2, 0.25) is 0 Å². The summed E-state index contributed by atoms with van der Waals surface area (Å²) in [5.41, 5.74) is 6.24. The summed E-state index contributed by atoms with van der Waals surface area (Å²) in [4.78, 5) is 12.9. The maximum atomic E-state index is 13.1. The van der Waals surface area contributed by atoms with E-state index in [0.29, 0.717) is 11.6 Å². The Labute approximate surface area is 118 Å². The molecule has 0 bridgehead atoms. The van der Waals surface area contributed by atoms with Gasteiger partial charge < -0.3 is 5.73 Å². The highest BCUT2D eigenvalue weighted by Gasteiger charge is 2.28. The van der Waals surface area contributed by atoms with Crippen LogP contribution in [0.25, 0.3) is 0 Å². The summed E-state index contributed by atoms with van der Waals surface area (Å²) >= 11 is 0. The predicted molar refractivity (Wildman–Crippen MR) is 76.9 cm³/mol. The summed E-state index contributed by atoms with van der Waals surface area (Å²) < 4.78 is 13.1. The molecule has 0 fully saturated rings. The summed E-state index contributed by atoms with van der Waals surface area (Å²) in [6, 6.07) is 6.35. The van der Waals surface area contributed by atoms with E-state index in [9.17, 15) is 4.39 Å². The number of rotatable bonds is 3. The van der Waals surface area contributed by atoms with Gasteiger partial charge in [-0.15, -0.1) is 0 Å². The first-order valence-electron chi connectivity index (χ1n) is 6.58. The Kier molecular flexibility index (Phi) is 3.70. The molecular weight excluding hydrogens is 255 g/mol. The monoisotopic (exact) mass is 274 g/mol. The van der Waals surface area contributed by atoms with Gasteiger partial charge >= 0.3 is 0 Å². The molecule has 0 amide bonds. The fourth-order valence-corrected chi connectivity index (χ4v) is 1.94. The maximum absolute atomic E-state index is 13.1. The normalized spacial score (nSPS) is 11.9. The van der Waals surface area contributed by atoms with Gasteiger partial charge in [-0.05, 0) is 31.5 Å². The number of nitrogens with two attached hydrogens (primary N) is 1. The highest BCUT2D eigenvalue weighted by molar-refractivity contribution is 5.33. The summed E-state index contributed by atoms with van der Waals surface area (Å²) in [7, 11) is 0. The lowest BCUT2D eigenvalue weighted by atomic mass is 9.83. The Morgan fingerprint density at radius 3 is 2.20 bits per heavy atom. The molecule has 1 aromatic heterocycles. The van der Waals surface area contributed by atoms with E-state index in [2.05, 4.69) is 15.0 Å². The van der Waals surface area contributed by atoms with Crippen molar-refractivity contribution < 1.29 is 4.39 Å². The van der Waals surface area contributed by atoms with Gasteiger partial charge in [-0.25, -0.2) is 9.37 Å². The lowest BCUT2D eigenvalue weighted by Gasteiger charge is -2.24. The van der Waals surface area contributed by atoms with E-state index in [0.717, 1.165) is 5.56 Å². The molecule has 4 nitrogen and oxygen atoms in total. The average molecular weight is 274 g/mol. The van der Waals surface area contributed by atoms with Crippen molar-refractivity contribution in [2.75, 3.05) is 5.73 Å². The van der Waals surface area contributed by atoms with Gasteiger partial charge in [-0.1, -0.05) is 26.0 Å². The molecule has 5 heteroatoms. The average Bonchev–Trinajstić information content (AvgIpc) is 2.38. The molecule has 20 heavy (non-hydrogen) atoms. The van der Waals surface area contributed by atoms with E-state index < -0.39 is 5.41 Å². The Morgan fingerprint density at radius 2 is 1.65 bits per heavy atom. The van der Waals surface area contributed by atoms with Gasteiger partial charge in [-0.3, -0.25) is 0 Å². The number of aromatic nitrogens is 3. The van der Waals surface area contributed by atoms with Crippen molar-refractivity contribution in [1.29, 1.82) is 0 Å². The summed E-state index contributed by atoms with van der Waals surface area (Å²) in [5, 5.41) is 0. The Morgan fingerprint density at radius 1 is 1.05 bits per heavy atom. The fourth-order valence-electron chi connectivity index (χ4n) is 1.94. The van der Waals surface area contributed by atoms with Crippen LogP contribution in [0.15, 0.2) is 24.3 Å². The lowest BCUT2D eigenvalue weighted by molar-refractivity contribution is 0.569. The van der Waals surface area contributed by atoms with Crippen LogP contribution in [-0.2, 0) is 5.41 Å². The zero-order valence-corrected chi connectivity index (χ0v) is 12.2. The molecule has 2 N–H and O–H groups in total. The molecule has 0 atom stereocenters. The van der Waals surface area contributed by atoms with Crippen molar-refractivity contribution in [3.8, 4) is 0 Å². The number of nitrogens with zero attached hydrogens (tertiary/aromatic N) is 3. The van der Waals surface area contributed by atoms with E-state index in [-0.39, 0.29) is 17.7 Å². The number of anilines is 1. The van der Waals surface area contributed by atoms with Gasteiger partial charge in [0.15, 0.2) is 0 Å². The van der Waals surface area contributed by atoms with Crippen LogP contribution in [0.3, 0.4) is 0 Å². The molecule has 0 aliphatic heterocycles. The van der Waals surface area contributed by atoms with Crippen molar-refractivity contribution >= 4 is 5.95 Å². The van der Waals surface area contributed by atoms with Crippen molar-refractivity contribution in [3.05, 3.63) is 47.3 Å². The van der Waals surface area contributed by atoms with Crippen LogP contribution in [-0.4, -0.2) is 15.0 Å². The minimum absolute atomic E-state index is 0.170. The maximum Gasteiger partial charge on any atom is 0.223 e. The highest BCUT2D eigenvalue weighted by atomic mass is 19.1. The zero-order valence-electron chi connectivity index (χ0n) is 12.2. The molecule has 0 radical (unpaired) electrons. The van der Waals surface area contributed by atoms with Crippen molar-refractivity contribution in [2.24, 2.45) is 0 Å². The number of halogens is 1. The van der Waals surface area contributed by atoms with Crippen LogP contribution < -0.4 is 5.73 Å². The van der Waals surface area contributed by atoms with Gasteiger partial charge in [0.1, 0.15) is 17.5 Å². The molecule has 1 heterocycles. The van der Waals surface area contributed by atoms with E-state index in [1.807, 2.05) is 27.7 Å². The third-order valence-electron chi connectivity index (χ3n) is 3.31. The molecule has 1 aromatic carbocycles. The molecule has 0 unspecified atom stereocenters. The van der Waals surface area contributed by atoms with Crippen molar-refractivity contribution in [3.63, 3.8) is 0 Å². The molecule has 0 saturated heterocycles. The van der Waals surface area contributed by atoms with Gasteiger partial charge in [0.25, 0.3) is 0 Å². The zero-order chi connectivity index (χ0) is 14.9. The Balaban J connectivity index is 2.50. The smallest absolute Gasteiger partial charge is 0.223 e. The SMILES string of the molecule is CC(C)c1nc(N)nc(C(C)(C)c2ccc(F)cc2)n1. The van der Waals surface area contributed by atoms with E-state index in [1.54, 1.807) is 12.1 Å². The molecule has 2 aromatic rings. The largest absolute Gasteiger partial charge is 0.368 e. The summed E-state index contributed by atoms with van der Waals surface area (Å²) in [6.45, 7) is 7.98. The topological polar surface area (TPSA) is 64.7 Å². The third-order valence-corrected chi connectivity index (χ3v) is 3.31. The summed E-state index contributed by atoms with van der Waals surface area (Å²) in [6.07, 6.45) is 0. The number of hydrogen-bond acceptors (Lipinski definition) is 4. The number of nitrogen functional groups attached to an aromatic ring is 1. The minimum atomic E-state index is -0.464. The highest BCUT2D eigenvalue weighted by Crippen LogP contribution is 2.29. The lowest BCUT2D eigenvalue weighted by Crippen LogP contribution is -2.24. The summed E-state index contributed by atoms with van der Waals surface area (Å²) in [5.74, 6) is 1.39. The molecule has 106 valence electrons. The molecular formula is C15H19FN4. The molecule has 0 aliphatic carbocycles. The molecule has 2 rings (SSSR count). The van der Waals surface area contributed by atoms with Crippen LogP contribution in [0.5, 0.6) is 0 Å². The van der Waals surface area contributed by atoms with E-state index >= 15 is 0 Å². The first-order chi connectivity index (χ1) is 9.30. The van der Waals surface area contributed by atoms with E-state index in [1.165, 1.54) is 12.1 Å². The van der Waals surface area contributed by atoms with Gasteiger partial charge in [0.2, 0.25) is 5.95 Å². The number of hydrogen-bond donors (Lipinski definition) is 1. The third kappa shape index (κ3) is 2.76. The predicted octanol–water partition coefficient (Wildman–Crippen LogP) is 3.04. The van der Waals surface area contributed by atoms with Crippen LogP contribution >= 0.6 is 0 Å². The minimum Gasteiger partial charge on any atom is -0.368 e. The first-order valence-corrected chi connectivity index (χ1v) is 6.58. The quantitative estimate of drug-likeness (QED) is 0.934. The van der Waals surface area contributed by atoms with Gasteiger partial charge in [0, 0.05) is 11.3 Å². The van der Waals surface area contributed by atoms with Crippen LogP contribution in [0.4, 0.5) is 10.3 Å². The van der Waals surface area contributed by atoms with Crippen LogP contribution in [0, 0.1) is 5.82 Å². The van der Waals surface area contributed by atoms with Gasteiger partial charge in [-0.2, -0.15) is 9.97 Å². The van der Waals surface area contributed by atoms with Gasteiger partial charge in [0.05, 0.1) is 0 Å². The second-order valence-electron chi connectivity index (χ2n) is 5.66. The standard InChI is InChI=1S/C15H19FN4/c1-9(2)12-18-13(20-14(17)19-12)15(3,4)10-5-7-11(16)8-6-10/h5-9H,1-4H3,(H2,17,18,19,20). The molecule has 0 aliphatic rings. The number of benzene rings is 1. The Bertz CT molecular complexity index is 606. The second kappa shape index (κ2) is 5.15. The second-order valence-corrected chi connectivity index (χ2v) is 5.66. The fraction of sp³-hybridized carbons (Fsp3) is 0.400. The Hall–Kier alpha value is -2.04. The molecule has 0 spiro atoms. The van der Waals surface area contributed by atoms with Crippen LogP contribution in [0.1, 0.15) is 50.8 Å². The van der Waals surface area contributed by atoms with E-state index in [4.69, 9.17) is 5.73 Å². The first kappa shape index (κ1) is 14.4.